The molecule has 0 atom stereocenters. The van der Waals surface area contributed by atoms with E-state index >= 15 is 0 Å². The Bertz CT molecular complexity index is 623. The number of hydrogen-bond acceptors (Lipinski definition) is 3. The standard InChI is InChI=1S/C14H23FN4O2S.HI/c1-4-22(20,21)19-8-7-17-14(16-3)18-10-12-6-5-11(2)13(15)9-12;/h5-6,9,19H,4,7-8,10H2,1-3H3,(H2,16,17,18);1H. The van der Waals surface area contributed by atoms with Crippen molar-refractivity contribution in [3.63, 3.8) is 0 Å². The summed E-state index contributed by atoms with van der Waals surface area (Å²) < 4.78 is 38.4. The van der Waals surface area contributed by atoms with Crippen LogP contribution in [0.5, 0.6) is 0 Å². The van der Waals surface area contributed by atoms with Crippen molar-refractivity contribution in [2.45, 2.75) is 20.4 Å². The minimum Gasteiger partial charge on any atom is -0.355 e. The Morgan fingerprint density at radius 2 is 1.96 bits per heavy atom. The van der Waals surface area contributed by atoms with Crippen molar-refractivity contribution in [1.82, 2.24) is 15.4 Å². The molecule has 0 radical (unpaired) electrons. The fraction of sp³-hybridized carbons (Fsp3) is 0.500. The van der Waals surface area contributed by atoms with E-state index in [4.69, 9.17) is 0 Å². The Balaban J connectivity index is 0.00000484. The fourth-order valence-electron chi connectivity index (χ4n) is 1.64. The van der Waals surface area contributed by atoms with Gasteiger partial charge in [-0.1, -0.05) is 12.1 Å². The predicted molar refractivity (Wildman–Crippen MR) is 102 cm³/mol. The van der Waals surface area contributed by atoms with Crippen LogP contribution >= 0.6 is 24.0 Å². The van der Waals surface area contributed by atoms with E-state index in [9.17, 15) is 12.8 Å². The summed E-state index contributed by atoms with van der Waals surface area (Å²) in [5, 5.41) is 6.02. The van der Waals surface area contributed by atoms with Crippen LogP contribution in [0.3, 0.4) is 0 Å². The van der Waals surface area contributed by atoms with E-state index in [0.29, 0.717) is 24.6 Å². The van der Waals surface area contributed by atoms with E-state index < -0.39 is 10.0 Å². The van der Waals surface area contributed by atoms with Crippen molar-refractivity contribution in [3.05, 3.63) is 35.1 Å². The molecule has 0 aliphatic heterocycles. The van der Waals surface area contributed by atoms with Gasteiger partial charge in [-0.25, -0.2) is 17.5 Å². The molecule has 1 rings (SSSR count). The van der Waals surface area contributed by atoms with Crippen LogP contribution in [0, 0.1) is 12.7 Å². The number of nitrogens with one attached hydrogen (secondary N) is 3. The SMILES string of the molecule is CCS(=O)(=O)NCCNC(=NC)NCc1ccc(C)c(F)c1.I. The second-order valence-corrected chi connectivity index (χ2v) is 6.83. The van der Waals surface area contributed by atoms with Crippen molar-refractivity contribution in [2.75, 3.05) is 25.9 Å². The molecule has 0 amide bonds. The smallest absolute Gasteiger partial charge is 0.211 e. The van der Waals surface area contributed by atoms with Crippen molar-refractivity contribution >= 4 is 40.0 Å². The minimum absolute atomic E-state index is 0. The first kappa shape index (κ1) is 22.1. The van der Waals surface area contributed by atoms with Crippen LogP contribution in [0.25, 0.3) is 0 Å². The number of halogens is 2. The lowest BCUT2D eigenvalue weighted by atomic mass is 10.1. The second kappa shape index (κ2) is 10.8. The molecule has 9 heteroatoms. The van der Waals surface area contributed by atoms with Gasteiger partial charge in [-0.15, -0.1) is 24.0 Å². The lowest BCUT2D eigenvalue weighted by Crippen LogP contribution is -2.41. The van der Waals surface area contributed by atoms with Crippen LogP contribution < -0.4 is 15.4 Å². The van der Waals surface area contributed by atoms with Crippen LogP contribution in [0.2, 0.25) is 0 Å². The number of rotatable bonds is 7. The Labute approximate surface area is 154 Å². The molecule has 0 aliphatic carbocycles. The van der Waals surface area contributed by atoms with Crippen LogP contribution in [-0.2, 0) is 16.6 Å². The van der Waals surface area contributed by atoms with E-state index in [0.717, 1.165) is 5.56 Å². The van der Waals surface area contributed by atoms with Gasteiger partial charge in [-0.05, 0) is 31.0 Å². The molecule has 0 aromatic heterocycles. The number of nitrogens with zero attached hydrogens (tertiary/aromatic N) is 1. The molecular formula is C14H24FIN4O2S. The van der Waals surface area contributed by atoms with Gasteiger partial charge < -0.3 is 10.6 Å². The topological polar surface area (TPSA) is 82.6 Å². The molecule has 3 N–H and O–H groups in total. The first-order valence-corrected chi connectivity index (χ1v) is 8.70. The number of guanidine groups is 1. The molecule has 6 nitrogen and oxygen atoms in total. The Kier molecular flexibility index (Phi) is 10.3. The Morgan fingerprint density at radius 3 is 2.52 bits per heavy atom. The summed E-state index contributed by atoms with van der Waals surface area (Å²) in [6, 6.07) is 5.04. The molecule has 0 bridgehead atoms. The molecule has 1 aromatic rings. The minimum atomic E-state index is -3.18. The summed E-state index contributed by atoms with van der Waals surface area (Å²) in [6.07, 6.45) is 0. The van der Waals surface area contributed by atoms with Gasteiger partial charge in [-0.3, -0.25) is 4.99 Å². The van der Waals surface area contributed by atoms with E-state index in [1.807, 2.05) is 6.07 Å². The monoisotopic (exact) mass is 458 g/mol. The Hall–Kier alpha value is -0.940. The van der Waals surface area contributed by atoms with Gasteiger partial charge in [0.25, 0.3) is 0 Å². The largest absolute Gasteiger partial charge is 0.355 e. The number of hydrogen-bond donors (Lipinski definition) is 3. The number of aliphatic imine (C=N–C) groups is 1. The van der Waals surface area contributed by atoms with Crippen LogP contribution in [0.15, 0.2) is 23.2 Å². The third-order valence-electron chi connectivity index (χ3n) is 3.04. The predicted octanol–water partition coefficient (Wildman–Crippen LogP) is 1.36. The highest BCUT2D eigenvalue weighted by Gasteiger charge is 2.05. The molecular weight excluding hydrogens is 434 g/mol. The molecule has 0 fully saturated rings. The average Bonchev–Trinajstić information content (AvgIpc) is 2.50. The highest BCUT2D eigenvalue weighted by Crippen LogP contribution is 2.08. The van der Waals surface area contributed by atoms with E-state index in [-0.39, 0.29) is 42.1 Å². The maximum Gasteiger partial charge on any atom is 0.211 e. The van der Waals surface area contributed by atoms with Crippen LogP contribution in [-0.4, -0.2) is 40.3 Å². The van der Waals surface area contributed by atoms with Crippen molar-refractivity contribution in [1.29, 1.82) is 0 Å². The van der Waals surface area contributed by atoms with Gasteiger partial charge in [0.05, 0.1) is 5.75 Å². The van der Waals surface area contributed by atoms with Crippen LogP contribution in [0.4, 0.5) is 4.39 Å². The summed E-state index contributed by atoms with van der Waals surface area (Å²) in [4.78, 5) is 4.02. The molecule has 0 spiro atoms. The molecule has 0 heterocycles. The van der Waals surface area contributed by atoms with E-state index in [2.05, 4.69) is 20.3 Å². The summed E-state index contributed by atoms with van der Waals surface area (Å²) in [7, 11) is -1.57. The van der Waals surface area contributed by atoms with E-state index in [1.54, 1.807) is 27.0 Å². The van der Waals surface area contributed by atoms with E-state index in [1.165, 1.54) is 6.07 Å². The van der Waals surface area contributed by atoms with Crippen molar-refractivity contribution < 1.29 is 12.8 Å². The second-order valence-electron chi connectivity index (χ2n) is 4.73. The van der Waals surface area contributed by atoms with Gasteiger partial charge in [0.15, 0.2) is 5.96 Å². The van der Waals surface area contributed by atoms with Crippen molar-refractivity contribution in [2.24, 2.45) is 4.99 Å². The molecule has 23 heavy (non-hydrogen) atoms. The number of benzene rings is 1. The van der Waals surface area contributed by atoms with Gasteiger partial charge >= 0.3 is 0 Å². The summed E-state index contributed by atoms with van der Waals surface area (Å²) in [6.45, 7) is 4.40. The summed E-state index contributed by atoms with van der Waals surface area (Å²) >= 11 is 0. The first-order chi connectivity index (χ1) is 10.4. The first-order valence-electron chi connectivity index (χ1n) is 7.05. The summed E-state index contributed by atoms with van der Waals surface area (Å²) in [5.74, 6) is 0.340. The maximum absolute atomic E-state index is 13.4. The van der Waals surface area contributed by atoms with Crippen molar-refractivity contribution in [3.8, 4) is 0 Å². The highest BCUT2D eigenvalue weighted by molar-refractivity contribution is 14.0. The number of aryl methyl sites for hydroxylation is 1. The molecule has 0 saturated carbocycles. The molecule has 132 valence electrons. The van der Waals surface area contributed by atoms with Gasteiger partial charge in [0.2, 0.25) is 10.0 Å². The number of sulfonamides is 1. The zero-order valence-electron chi connectivity index (χ0n) is 13.5. The molecule has 0 unspecified atom stereocenters. The Morgan fingerprint density at radius 1 is 1.26 bits per heavy atom. The average molecular weight is 458 g/mol. The molecule has 0 aliphatic rings. The third kappa shape index (κ3) is 8.47. The lowest BCUT2D eigenvalue weighted by Gasteiger charge is -2.12. The molecule has 1 aromatic carbocycles. The van der Waals surface area contributed by atoms with Gasteiger partial charge in [0, 0.05) is 26.7 Å². The summed E-state index contributed by atoms with van der Waals surface area (Å²) in [5.41, 5.74) is 1.41. The quantitative estimate of drug-likeness (QED) is 0.250. The van der Waals surface area contributed by atoms with Gasteiger partial charge in [0.1, 0.15) is 5.82 Å². The van der Waals surface area contributed by atoms with Gasteiger partial charge in [-0.2, -0.15) is 0 Å². The zero-order chi connectivity index (χ0) is 16.6. The lowest BCUT2D eigenvalue weighted by molar-refractivity contribution is 0.582. The molecule has 0 saturated heterocycles. The van der Waals surface area contributed by atoms with Crippen LogP contribution in [0.1, 0.15) is 18.1 Å². The fourth-order valence-corrected chi connectivity index (χ4v) is 2.26. The maximum atomic E-state index is 13.4. The normalized spacial score (nSPS) is 11.7. The highest BCUT2D eigenvalue weighted by atomic mass is 127. The third-order valence-corrected chi connectivity index (χ3v) is 4.44. The zero-order valence-corrected chi connectivity index (χ0v) is 16.7.